The number of nitro groups is 1. The molecule has 0 aliphatic rings. The Morgan fingerprint density at radius 1 is 1.07 bits per heavy atom. The number of hydrogen-bond acceptors (Lipinski definition) is 4. The smallest absolute Gasteiger partial charge is 0.279 e. The molecule has 0 unspecified atom stereocenters. The van der Waals surface area contributed by atoms with E-state index < -0.39 is 4.92 Å². The number of anilines is 1. The zero-order chi connectivity index (χ0) is 21.5. The first-order valence-corrected chi connectivity index (χ1v) is 9.55. The Hall–Kier alpha value is -3.71. The molecule has 0 aliphatic carbocycles. The van der Waals surface area contributed by atoms with Crippen LogP contribution in [-0.2, 0) is 4.79 Å². The van der Waals surface area contributed by atoms with E-state index in [2.05, 4.69) is 17.4 Å². The zero-order valence-electron chi connectivity index (χ0n) is 16.9. The van der Waals surface area contributed by atoms with E-state index in [0.717, 1.165) is 11.1 Å². The van der Waals surface area contributed by atoms with Gasteiger partial charge >= 0.3 is 0 Å². The highest BCUT2D eigenvalue weighted by molar-refractivity contribution is 5.93. The number of non-ortho nitro benzene ring substituents is 1. The predicted octanol–water partition coefficient (Wildman–Crippen LogP) is 3.20. The van der Waals surface area contributed by atoms with E-state index in [0.29, 0.717) is 5.75 Å². The number of rotatable bonds is 8. The van der Waals surface area contributed by atoms with Gasteiger partial charge < -0.3 is 15.4 Å². The van der Waals surface area contributed by atoms with E-state index >= 15 is 0 Å². The van der Waals surface area contributed by atoms with Gasteiger partial charge in [-0.1, -0.05) is 60.2 Å². The lowest BCUT2D eigenvalue weighted by Gasteiger charge is -2.17. The third-order valence-electron chi connectivity index (χ3n) is 4.80. The van der Waals surface area contributed by atoms with Crippen LogP contribution >= 0.6 is 0 Å². The number of carbonyl (C=O) groups excluding carboxylic acids is 1. The summed E-state index contributed by atoms with van der Waals surface area (Å²) in [7, 11) is 1.45. The minimum absolute atomic E-state index is 0.0513. The molecule has 7 nitrogen and oxygen atoms in total. The fourth-order valence-corrected chi connectivity index (χ4v) is 3.23. The van der Waals surface area contributed by atoms with Crippen LogP contribution in [0.4, 0.5) is 11.4 Å². The molecule has 3 rings (SSSR count). The van der Waals surface area contributed by atoms with Crippen LogP contribution in [0, 0.1) is 17.0 Å². The van der Waals surface area contributed by atoms with Crippen LogP contribution in [0.15, 0.2) is 72.8 Å². The van der Waals surface area contributed by atoms with Crippen molar-refractivity contribution < 1.29 is 19.8 Å². The van der Waals surface area contributed by atoms with Crippen LogP contribution in [0.3, 0.4) is 0 Å². The SMILES string of the molecule is COc1ccc([N+](=O)[O-])cc1NC(=O)C[NH2+][C@@H](c1ccccc1)c1ccc(C)cc1. The predicted molar refractivity (Wildman–Crippen MR) is 115 cm³/mol. The Morgan fingerprint density at radius 2 is 1.73 bits per heavy atom. The van der Waals surface area contributed by atoms with Crippen LogP contribution in [0.2, 0.25) is 0 Å². The molecule has 0 fully saturated rings. The summed E-state index contributed by atoms with van der Waals surface area (Å²) in [6, 6.07) is 22.2. The molecule has 0 aromatic heterocycles. The van der Waals surface area contributed by atoms with Crippen molar-refractivity contribution in [3.8, 4) is 5.75 Å². The van der Waals surface area contributed by atoms with Gasteiger partial charge in [0.05, 0.1) is 17.7 Å². The molecule has 0 heterocycles. The molecule has 0 radical (unpaired) electrons. The summed E-state index contributed by atoms with van der Waals surface area (Å²) in [6.07, 6.45) is 0. The number of nitro benzene ring substituents is 1. The van der Waals surface area contributed by atoms with Gasteiger partial charge in [0.2, 0.25) is 0 Å². The first-order chi connectivity index (χ1) is 14.5. The number of hydrogen-bond donors (Lipinski definition) is 2. The Bertz CT molecular complexity index is 1020. The molecule has 154 valence electrons. The molecule has 1 atom stereocenters. The maximum absolute atomic E-state index is 12.6. The summed E-state index contributed by atoms with van der Waals surface area (Å²) in [4.78, 5) is 23.1. The van der Waals surface area contributed by atoms with Gasteiger partial charge in [0.1, 0.15) is 11.8 Å². The Morgan fingerprint density at radius 3 is 2.37 bits per heavy atom. The van der Waals surface area contributed by atoms with Gasteiger partial charge in [-0.15, -0.1) is 0 Å². The third kappa shape index (κ3) is 5.21. The Labute approximate surface area is 174 Å². The van der Waals surface area contributed by atoms with E-state index in [1.165, 1.54) is 30.9 Å². The highest BCUT2D eigenvalue weighted by Crippen LogP contribution is 2.28. The van der Waals surface area contributed by atoms with Gasteiger partial charge in [0, 0.05) is 23.3 Å². The number of nitrogens with one attached hydrogen (secondary N) is 1. The topological polar surface area (TPSA) is 98.1 Å². The molecule has 7 heteroatoms. The van der Waals surface area contributed by atoms with Gasteiger partial charge in [-0.2, -0.15) is 0 Å². The van der Waals surface area contributed by atoms with Crippen molar-refractivity contribution in [1.82, 2.24) is 0 Å². The van der Waals surface area contributed by atoms with Crippen molar-refractivity contribution in [1.29, 1.82) is 0 Å². The monoisotopic (exact) mass is 406 g/mol. The summed E-state index contributed by atoms with van der Waals surface area (Å²) >= 11 is 0. The molecule has 0 spiro atoms. The molecule has 0 saturated carbocycles. The number of nitrogens with two attached hydrogens (primary N) is 1. The molecular formula is C23H24N3O4+. The highest BCUT2D eigenvalue weighted by Gasteiger charge is 2.20. The summed E-state index contributed by atoms with van der Waals surface area (Å²) in [5.41, 5.74) is 3.50. The summed E-state index contributed by atoms with van der Waals surface area (Å²) in [5.74, 6) is 0.0916. The molecule has 0 aliphatic heterocycles. The first-order valence-electron chi connectivity index (χ1n) is 9.55. The number of nitrogens with zero attached hydrogens (tertiary/aromatic N) is 1. The van der Waals surface area contributed by atoms with E-state index in [1.807, 2.05) is 54.7 Å². The quantitative estimate of drug-likeness (QED) is 0.443. The number of aryl methyl sites for hydroxylation is 1. The van der Waals surface area contributed by atoms with Crippen molar-refractivity contribution in [2.24, 2.45) is 0 Å². The number of amides is 1. The lowest BCUT2D eigenvalue weighted by molar-refractivity contribution is -0.676. The lowest BCUT2D eigenvalue weighted by atomic mass is 9.98. The van der Waals surface area contributed by atoms with Crippen LogP contribution in [-0.4, -0.2) is 24.5 Å². The summed E-state index contributed by atoms with van der Waals surface area (Å²) in [5, 5.41) is 15.7. The summed E-state index contributed by atoms with van der Waals surface area (Å²) in [6.45, 7) is 2.17. The fourth-order valence-electron chi connectivity index (χ4n) is 3.23. The van der Waals surface area contributed by atoms with Crippen molar-refractivity contribution in [2.75, 3.05) is 19.0 Å². The molecule has 3 N–H and O–H groups in total. The average Bonchev–Trinajstić information content (AvgIpc) is 2.75. The minimum Gasteiger partial charge on any atom is -0.495 e. The molecule has 1 amide bonds. The van der Waals surface area contributed by atoms with Gasteiger partial charge in [0.15, 0.2) is 6.54 Å². The lowest BCUT2D eigenvalue weighted by Crippen LogP contribution is -2.87. The second-order valence-corrected chi connectivity index (χ2v) is 6.93. The van der Waals surface area contributed by atoms with Gasteiger partial charge in [-0.3, -0.25) is 14.9 Å². The van der Waals surface area contributed by atoms with Gasteiger partial charge in [-0.25, -0.2) is 0 Å². The minimum atomic E-state index is -0.510. The second kappa shape index (κ2) is 9.67. The normalized spacial score (nSPS) is 11.5. The van der Waals surface area contributed by atoms with Crippen molar-refractivity contribution >= 4 is 17.3 Å². The maximum Gasteiger partial charge on any atom is 0.279 e. The molecular weight excluding hydrogens is 382 g/mol. The number of methoxy groups -OCH3 is 1. The van der Waals surface area contributed by atoms with Crippen LogP contribution < -0.4 is 15.4 Å². The van der Waals surface area contributed by atoms with Crippen LogP contribution in [0.5, 0.6) is 5.75 Å². The molecule has 0 saturated heterocycles. The average molecular weight is 406 g/mol. The number of carbonyl (C=O) groups is 1. The fraction of sp³-hybridized carbons (Fsp3) is 0.174. The van der Waals surface area contributed by atoms with Gasteiger partial charge in [-0.05, 0) is 13.0 Å². The second-order valence-electron chi connectivity index (χ2n) is 6.93. The molecule has 0 bridgehead atoms. The largest absolute Gasteiger partial charge is 0.495 e. The van der Waals surface area contributed by atoms with E-state index in [-0.39, 0.29) is 29.9 Å². The summed E-state index contributed by atoms with van der Waals surface area (Å²) < 4.78 is 5.21. The van der Waals surface area contributed by atoms with E-state index in [1.54, 1.807) is 0 Å². The van der Waals surface area contributed by atoms with Crippen molar-refractivity contribution in [2.45, 2.75) is 13.0 Å². The zero-order valence-corrected chi connectivity index (χ0v) is 16.9. The molecule has 3 aromatic carbocycles. The highest BCUT2D eigenvalue weighted by atomic mass is 16.6. The van der Waals surface area contributed by atoms with E-state index in [4.69, 9.17) is 4.74 Å². The number of quaternary nitrogens is 1. The van der Waals surface area contributed by atoms with Crippen molar-refractivity contribution in [3.63, 3.8) is 0 Å². The molecule has 30 heavy (non-hydrogen) atoms. The first kappa shape index (κ1) is 21.0. The third-order valence-corrected chi connectivity index (χ3v) is 4.80. The Balaban J connectivity index is 1.76. The van der Waals surface area contributed by atoms with Crippen LogP contribution in [0.25, 0.3) is 0 Å². The number of ether oxygens (including phenoxy) is 1. The molecule has 3 aromatic rings. The van der Waals surface area contributed by atoms with E-state index in [9.17, 15) is 14.9 Å². The van der Waals surface area contributed by atoms with Crippen LogP contribution in [0.1, 0.15) is 22.7 Å². The van der Waals surface area contributed by atoms with Crippen molar-refractivity contribution in [3.05, 3.63) is 99.6 Å². The standard InChI is InChI=1S/C23H23N3O4/c1-16-8-10-18(11-9-16)23(17-6-4-3-5-7-17)24-15-22(27)25-20-14-19(26(28)29)12-13-21(20)30-2/h3-14,23-24H,15H2,1-2H3,(H,25,27)/p+1/t23-/m0/s1. The number of benzene rings is 3. The van der Waals surface area contributed by atoms with Gasteiger partial charge in [0.25, 0.3) is 11.6 Å². The Kier molecular flexibility index (Phi) is 6.77. The maximum atomic E-state index is 12.6.